The highest BCUT2D eigenvalue weighted by molar-refractivity contribution is 7.87. The molecule has 8 aliphatic carbocycles. The Balaban J connectivity index is 1.09. The molecule has 0 saturated heterocycles. The minimum atomic E-state index is -6.09. The highest BCUT2D eigenvalue weighted by atomic mass is 32.2. The summed E-state index contributed by atoms with van der Waals surface area (Å²) < 4.78 is 79.2. The largest absolute Gasteiger partial charge is 0.465 e. The lowest BCUT2D eigenvalue weighted by Crippen LogP contribution is -2.68. The van der Waals surface area contributed by atoms with Gasteiger partial charge in [-0.1, -0.05) is 6.92 Å². The van der Waals surface area contributed by atoms with Gasteiger partial charge in [-0.15, -0.1) is 0 Å². The van der Waals surface area contributed by atoms with E-state index >= 15 is 0 Å². The van der Waals surface area contributed by atoms with E-state index in [1.165, 1.54) is 6.42 Å². The summed E-state index contributed by atoms with van der Waals surface area (Å²) in [5.74, 6) is -2.24. The maximum Gasteiger partial charge on any atom is 0.465 e. The van der Waals surface area contributed by atoms with Crippen LogP contribution >= 0.6 is 0 Å². The molecule has 8 aliphatic rings. The van der Waals surface area contributed by atoms with E-state index in [2.05, 4.69) is 11.7 Å². The number of esters is 3. The van der Waals surface area contributed by atoms with Crippen molar-refractivity contribution >= 4 is 28.0 Å². The second-order valence-electron chi connectivity index (χ2n) is 14.0. The molecule has 0 aromatic carbocycles. The van der Waals surface area contributed by atoms with Gasteiger partial charge in [0.15, 0.2) is 6.61 Å². The molecular weight excluding hydrogens is 582 g/mol. The highest BCUT2D eigenvalue weighted by Crippen LogP contribution is 2.63. The van der Waals surface area contributed by atoms with Crippen molar-refractivity contribution in [2.75, 3.05) is 13.2 Å². The lowest BCUT2D eigenvalue weighted by molar-refractivity contribution is -0.277. The molecule has 236 valence electrons. The van der Waals surface area contributed by atoms with E-state index in [0.717, 1.165) is 43.9 Å². The first kappa shape index (κ1) is 30.1. The number of hydrogen-bond acceptors (Lipinski definition) is 10. The smallest absolute Gasteiger partial charge is 0.457 e. The summed E-state index contributed by atoms with van der Waals surface area (Å²) in [6.45, 7) is 0.436. The van der Waals surface area contributed by atoms with Gasteiger partial charge in [0, 0.05) is 19.3 Å². The molecule has 8 bridgehead atoms. The van der Waals surface area contributed by atoms with Gasteiger partial charge in [0.1, 0.15) is 17.8 Å². The lowest BCUT2D eigenvalue weighted by atomic mass is 9.49. The Labute approximate surface area is 242 Å². The molecular formula is C28H38F2O11S. The van der Waals surface area contributed by atoms with Gasteiger partial charge in [0.25, 0.3) is 0 Å². The third-order valence-electron chi connectivity index (χ3n) is 11.0. The molecule has 0 aliphatic heterocycles. The van der Waals surface area contributed by atoms with Crippen LogP contribution in [0.15, 0.2) is 0 Å². The topological polar surface area (TPSA) is 163 Å². The quantitative estimate of drug-likeness (QED) is 0.210. The van der Waals surface area contributed by atoms with Crippen molar-refractivity contribution in [1.29, 1.82) is 0 Å². The van der Waals surface area contributed by atoms with Crippen molar-refractivity contribution in [3.05, 3.63) is 0 Å². The van der Waals surface area contributed by atoms with Gasteiger partial charge in [0.05, 0.1) is 11.2 Å². The zero-order valence-electron chi connectivity index (χ0n) is 23.5. The number of halogens is 2. The standard InChI is InChI=1S/C28H38F2O11S/c1-2-27(19-4-16-3-17(6-19)7-20(27)5-16)41-22(32)12-39-25-9-18-8-24(34,13-25)14-26(10-18,15-25)40-21(31)11-38-23(33)28(29,30)42(35,36)37/h16-20,34H,2-15H2,1H3,(H,35,36,37). The highest BCUT2D eigenvalue weighted by Gasteiger charge is 2.66. The lowest BCUT2D eigenvalue weighted by Gasteiger charge is -2.63. The summed E-state index contributed by atoms with van der Waals surface area (Å²) in [6, 6.07) is 0. The van der Waals surface area contributed by atoms with Crippen molar-refractivity contribution < 1.29 is 60.2 Å². The summed E-state index contributed by atoms with van der Waals surface area (Å²) in [5.41, 5.74) is -3.96. The van der Waals surface area contributed by atoms with Crippen molar-refractivity contribution in [3.8, 4) is 0 Å². The van der Waals surface area contributed by atoms with Crippen LogP contribution < -0.4 is 0 Å². The number of alkyl halides is 2. The van der Waals surface area contributed by atoms with E-state index in [4.69, 9.17) is 18.8 Å². The number of carbonyl (C=O) groups is 3. The van der Waals surface area contributed by atoms with Crippen LogP contribution in [0.25, 0.3) is 0 Å². The SMILES string of the molecule is CCC1(OC(=O)COC23CC4CC(O)(C2)CC(OC(=O)COC(=O)C(F)(F)S(=O)(=O)O)(C4)C3)C2CC3CC(C2)CC1C3. The number of hydrogen-bond donors (Lipinski definition) is 2. The van der Waals surface area contributed by atoms with E-state index in [1.54, 1.807) is 0 Å². The van der Waals surface area contributed by atoms with E-state index in [0.29, 0.717) is 31.1 Å². The zero-order chi connectivity index (χ0) is 30.3. The van der Waals surface area contributed by atoms with Crippen molar-refractivity contribution in [1.82, 2.24) is 0 Å². The van der Waals surface area contributed by atoms with Crippen molar-refractivity contribution in [2.24, 2.45) is 29.6 Å². The third kappa shape index (κ3) is 5.03. The minimum absolute atomic E-state index is 0.0531. The first-order valence-electron chi connectivity index (χ1n) is 14.8. The van der Waals surface area contributed by atoms with Crippen LogP contribution in [0, 0.1) is 29.6 Å². The Morgan fingerprint density at radius 3 is 1.98 bits per heavy atom. The van der Waals surface area contributed by atoms with Crippen LogP contribution in [0.3, 0.4) is 0 Å². The number of carbonyl (C=O) groups excluding carboxylic acids is 3. The molecule has 14 heteroatoms. The van der Waals surface area contributed by atoms with Crippen LogP contribution in [0.5, 0.6) is 0 Å². The Hall–Kier alpha value is -1.90. The summed E-state index contributed by atoms with van der Waals surface area (Å²) in [6.07, 6.45) is 8.14. The zero-order valence-corrected chi connectivity index (χ0v) is 24.3. The molecule has 0 aromatic heterocycles. The fraction of sp³-hybridized carbons (Fsp3) is 0.893. The Bertz CT molecular complexity index is 1240. The predicted molar refractivity (Wildman–Crippen MR) is 137 cm³/mol. The maximum absolute atomic E-state index is 13.5. The normalized spacial score (nSPS) is 43.3. The molecule has 0 amide bonds. The van der Waals surface area contributed by atoms with Gasteiger partial charge in [-0.25, -0.2) is 14.4 Å². The summed E-state index contributed by atoms with van der Waals surface area (Å²) in [5, 5.41) is 6.09. The van der Waals surface area contributed by atoms with E-state index in [1.807, 2.05) is 0 Å². The van der Waals surface area contributed by atoms with Gasteiger partial charge >= 0.3 is 33.3 Å². The average molecular weight is 621 g/mol. The van der Waals surface area contributed by atoms with Gasteiger partial charge in [-0.05, 0) is 87.4 Å². The molecule has 4 atom stereocenters. The third-order valence-corrected chi connectivity index (χ3v) is 11.8. The molecule has 0 radical (unpaired) electrons. The Kier molecular flexibility index (Phi) is 7.03. The second kappa shape index (κ2) is 9.80. The molecule has 4 unspecified atom stereocenters. The molecule has 8 rings (SSSR count). The molecule has 8 saturated carbocycles. The van der Waals surface area contributed by atoms with E-state index in [9.17, 15) is 36.7 Å². The first-order valence-corrected chi connectivity index (χ1v) is 16.3. The van der Waals surface area contributed by atoms with Crippen LogP contribution in [0.1, 0.15) is 84.0 Å². The molecule has 2 N–H and O–H groups in total. The molecule has 0 aromatic rings. The van der Waals surface area contributed by atoms with Gasteiger partial charge in [0.2, 0.25) is 0 Å². The summed E-state index contributed by atoms with van der Waals surface area (Å²) in [7, 11) is -6.09. The Morgan fingerprint density at radius 2 is 1.40 bits per heavy atom. The van der Waals surface area contributed by atoms with Crippen LogP contribution in [-0.4, -0.2) is 76.9 Å². The van der Waals surface area contributed by atoms with Crippen LogP contribution in [-0.2, 0) is 43.4 Å². The molecule has 0 spiro atoms. The fourth-order valence-electron chi connectivity index (χ4n) is 10.3. The van der Waals surface area contributed by atoms with Crippen LogP contribution in [0.2, 0.25) is 0 Å². The minimum Gasteiger partial charge on any atom is -0.457 e. The van der Waals surface area contributed by atoms with Crippen LogP contribution in [0.4, 0.5) is 8.78 Å². The van der Waals surface area contributed by atoms with Crippen molar-refractivity contribution in [3.63, 3.8) is 0 Å². The first-order chi connectivity index (χ1) is 19.5. The Morgan fingerprint density at radius 1 is 0.833 bits per heavy atom. The van der Waals surface area contributed by atoms with E-state index in [-0.39, 0.29) is 31.8 Å². The summed E-state index contributed by atoms with van der Waals surface area (Å²) >= 11 is 0. The molecule has 42 heavy (non-hydrogen) atoms. The van der Waals surface area contributed by atoms with Gasteiger partial charge in [-0.2, -0.15) is 17.2 Å². The monoisotopic (exact) mass is 620 g/mol. The number of rotatable bonds is 10. The summed E-state index contributed by atoms with van der Waals surface area (Å²) in [4.78, 5) is 37.3. The van der Waals surface area contributed by atoms with Crippen molar-refractivity contribution in [2.45, 2.75) is 112 Å². The van der Waals surface area contributed by atoms with Gasteiger partial charge in [-0.3, -0.25) is 4.55 Å². The molecule has 8 fully saturated rings. The van der Waals surface area contributed by atoms with E-state index < -0.39 is 62.3 Å². The second-order valence-corrected chi connectivity index (χ2v) is 15.5. The number of aliphatic hydroxyl groups is 1. The maximum atomic E-state index is 13.5. The van der Waals surface area contributed by atoms with Gasteiger partial charge < -0.3 is 24.1 Å². The average Bonchev–Trinajstić information content (AvgIpc) is 2.85. The molecule has 0 heterocycles. The number of ether oxygens (including phenoxy) is 4. The fourth-order valence-corrected chi connectivity index (χ4v) is 10.6. The predicted octanol–water partition coefficient (Wildman–Crippen LogP) is 2.92. The molecule has 11 nitrogen and oxygen atoms in total.